The van der Waals surface area contributed by atoms with Crippen molar-refractivity contribution in [3.05, 3.63) is 41.0 Å². The highest BCUT2D eigenvalue weighted by molar-refractivity contribution is 6.52. The van der Waals surface area contributed by atoms with Crippen molar-refractivity contribution in [3.63, 3.8) is 0 Å². The van der Waals surface area contributed by atoms with E-state index in [9.17, 15) is 14.7 Å². The van der Waals surface area contributed by atoms with Crippen LogP contribution in [0.5, 0.6) is 0 Å². The van der Waals surface area contributed by atoms with Gasteiger partial charge >= 0.3 is 0 Å². The van der Waals surface area contributed by atoms with Gasteiger partial charge in [0, 0.05) is 16.5 Å². The lowest BCUT2D eigenvalue weighted by Crippen LogP contribution is -2.35. The Morgan fingerprint density at radius 2 is 1.55 bits per heavy atom. The Balaban J connectivity index is 2.19. The first kappa shape index (κ1) is 13.1. The van der Waals surface area contributed by atoms with E-state index >= 15 is 0 Å². The molecule has 2 aliphatic rings. The average Bonchev–Trinajstić information content (AvgIpc) is 2.46. The fraction of sp³-hybridized carbons (Fsp3) is 0.412. The normalized spacial score (nSPS) is 21.9. The standard InChI is InChI=1S/C17H18O3/c1-17(9-5-2-6-10-17)13-14(18)11-7-3-4-8-12(11)15(19)16(13)20/h3-4,7-8,18H,2,5-6,9-10H2,1H3. The molecule has 0 saturated heterocycles. The molecule has 3 rings (SSSR count). The zero-order valence-corrected chi connectivity index (χ0v) is 11.6. The van der Waals surface area contributed by atoms with Crippen LogP contribution in [-0.4, -0.2) is 16.7 Å². The number of aliphatic hydroxyl groups excluding tert-OH is 1. The van der Waals surface area contributed by atoms with Crippen molar-refractivity contribution >= 4 is 17.3 Å². The molecule has 1 aromatic carbocycles. The molecule has 1 fully saturated rings. The summed E-state index contributed by atoms with van der Waals surface area (Å²) in [4.78, 5) is 24.7. The van der Waals surface area contributed by atoms with Gasteiger partial charge in [-0.1, -0.05) is 50.5 Å². The fourth-order valence-corrected chi connectivity index (χ4v) is 3.51. The summed E-state index contributed by atoms with van der Waals surface area (Å²) in [7, 11) is 0. The summed E-state index contributed by atoms with van der Waals surface area (Å²) in [5, 5.41) is 10.5. The van der Waals surface area contributed by atoms with Gasteiger partial charge in [-0.25, -0.2) is 0 Å². The third-order valence-corrected chi connectivity index (χ3v) is 4.66. The van der Waals surface area contributed by atoms with Crippen molar-refractivity contribution in [2.75, 3.05) is 0 Å². The molecular weight excluding hydrogens is 252 g/mol. The number of benzene rings is 1. The number of aliphatic hydroxyl groups is 1. The van der Waals surface area contributed by atoms with Crippen LogP contribution in [0.2, 0.25) is 0 Å². The van der Waals surface area contributed by atoms with Gasteiger partial charge in [0.15, 0.2) is 0 Å². The third kappa shape index (κ3) is 1.80. The third-order valence-electron chi connectivity index (χ3n) is 4.66. The SMILES string of the molecule is CC1(C2=C(O)c3ccccc3C(=O)C2=O)CCCCC1. The maximum absolute atomic E-state index is 12.4. The summed E-state index contributed by atoms with van der Waals surface area (Å²) >= 11 is 0. The van der Waals surface area contributed by atoms with Crippen molar-refractivity contribution < 1.29 is 14.7 Å². The number of ketones is 2. The van der Waals surface area contributed by atoms with Crippen molar-refractivity contribution in [2.24, 2.45) is 5.41 Å². The Kier molecular flexibility index (Phi) is 3.00. The Bertz CT molecular complexity index is 619. The van der Waals surface area contributed by atoms with E-state index in [1.807, 2.05) is 6.92 Å². The van der Waals surface area contributed by atoms with E-state index in [-0.39, 0.29) is 11.2 Å². The number of allylic oxidation sites excluding steroid dienone is 1. The first-order valence-corrected chi connectivity index (χ1v) is 7.17. The molecule has 0 spiro atoms. The molecule has 3 heteroatoms. The Labute approximate surface area is 118 Å². The molecule has 20 heavy (non-hydrogen) atoms. The van der Waals surface area contributed by atoms with Crippen LogP contribution >= 0.6 is 0 Å². The number of hydrogen-bond acceptors (Lipinski definition) is 3. The Hall–Kier alpha value is -1.90. The summed E-state index contributed by atoms with van der Waals surface area (Å²) < 4.78 is 0. The summed E-state index contributed by atoms with van der Waals surface area (Å²) in [6, 6.07) is 6.80. The van der Waals surface area contributed by atoms with E-state index < -0.39 is 11.6 Å². The van der Waals surface area contributed by atoms with Crippen LogP contribution in [0.1, 0.15) is 54.9 Å². The monoisotopic (exact) mass is 270 g/mol. The summed E-state index contributed by atoms with van der Waals surface area (Å²) in [5.41, 5.74) is 0.778. The average molecular weight is 270 g/mol. The molecule has 3 nitrogen and oxygen atoms in total. The van der Waals surface area contributed by atoms with Gasteiger partial charge < -0.3 is 5.11 Å². The second-order valence-corrected chi connectivity index (χ2v) is 6.05. The van der Waals surface area contributed by atoms with Gasteiger partial charge in [-0.2, -0.15) is 0 Å². The lowest BCUT2D eigenvalue weighted by molar-refractivity contribution is -0.113. The summed E-state index contributed by atoms with van der Waals surface area (Å²) in [6.45, 7) is 2.00. The Morgan fingerprint density at radius 1 is 0.950 bits per heavy atom. The van der Waals surface area contributed by atoms with Crippen molar-refractivity contribution in [1.29, 1.82) is 0 Å². The largest absolute Gasteiger partial charge is 0.507 e. The molecule has 0 heterocycles. The lowest BCUT2D eigenvalue weighted by atomic mass is 9.66. The molecule has 0 aromatic heterocycles. The second-order valence-electron chi connectivity index (χ2n) is 6.05. The molecule has 104 valence electrons. The minimum atomic E-state index is -0.523. The molecule has 0 bridgehead atoms. The molecule has 0 radical (unpaired) electrons. The summed E-state index contributed by atoms with van der Waals surface area (Å²) in [5.74, 6) is -1.000. The molecule has 0 amide bonds. The van der Waals surface area contributed by atoms with E-state index in [4.69, 9.17) is 0 Å². The molecule has 1 saturated carbocycles. The van der Waals surface area contributed by atoms with E-state index in [1.54, 1.807) is 24.3 Å². The number of carbonyl (C=O) groups is 2. The van der Waals surface area contributed by atoms with Gasteiger partial charge in [-0.05, 0) is 12.8 Å². The van der Waals surface area contributed by atoms with Crippen LogP contribution in [0, 0.1) is 5.41 Å². The van der Waals surface area contributed by atoms with E-state index in [2.05, 4.69) is 0 Å². The van der Waals surface area contributed by atoms with Gasteiger partial charge in [-0.15, -0.1) is 0 Å². The molecular formula is C17H18O3. The van der Waals surface area contributed by atoms with Gasteiger partial charge in [0.05, 0.1) is 5.57 Å². The molecule has 2 aliphatic carbocycles. The van der Waals surface area contributed by atoms with Crippen LogP contribution in [0.3, 0.4) is 0 Å². The molecule has 0 unspecified atom stereocenters. The van der Waals surface area contributed by atoms with Crippen LogP contribution < -0.4 is 0 Å². The molecule has 0 aliphatic heterocycles. The minimum absolute atomic E-state index is 0.00889. The van der Waals surface area contributed by atoms with Crippen molar-refractivity contribution in [3.8, 4) is 0 Å². The first-order chi connectivity index (χ1) is 9.54. The van der Waals surface area contributed by atoms with Gasteiger partial charge in [0.2, 0.25) is 11.6 Å². The highest BCUT2D eigenvalue weighted by Gasteiger charge is 2.43. The van der Waals surface area contributed by atoms with Crippen LogP contribution in [0.15, 0.2) is 29.8 Å². The quantitative estimate of drug-likeness (QED) is 0.792. The maximum Gasteiger partial charge on any atom is 0.234 e. The molecule has 0 atom stereocenters. The fourth-order valence-electron chi connectivity index (χ4n) is 3.51. The molecule has 1 aromatic rings. The number of carbonyl (C=O) groups excluding carboxylic acids is 2. The van der Waals surface area contributed by atoms with Crippen molar-refractivity contribution in [2.45, 2.75) is 39.0 Å². The van der Waals surface area contributed by atoms with E-state index in [0.29, 0.717) is 16.7 Å². The van der Waals surface area contributed by atoms with Crippen LogP contribution in [-0.2, 0) is 4.79 Å². The van der Waals surface area contributed by atoms with Crippen molar-refractivity contribution in [1.82, 2.24) is 0 Å². The van der Waals surface area contributed by atoms with E-state index in [0.717, 1.165) is 32.1 Å². The number of rotatable bonds is 1. The lowest BCUT2D eigenvalue weighted by Gasteiger charge is -2.37. The van der Waals surface area contributed by atoms with Crippen LogP contribution in [0.25, 0.3) is 5.76 Å². The second kappa shape index (κ2) is 4.58. The zero-order valence-electron chi connectivity index (χ0n) is 11.6. The predicted octanol–water partition coefficient (Wildman–Crippen LogP) is 3.69. The van der Waals surface area contributed by atoms with Gasteiger partial charge in [0.1, 0.15) is 5.76 Å². The minimum Gasteiger partial charge on any atom is -0.507 e. The Morgan fingerprint density at radius 3 is 2.20 bits per heavy atom. The first-order valence-electron chi connectivity index (χ1n) is 7.17. The number of hydrogen-bond donors (Lipinski definition) is 1. The zero-order chi connectivity index (χ0) is 14.3. The maximum atomic E-state index is 12.4. The topological polar surface area (TPSA) is 54.4 Å². The highest BCUT2D eigenvalue weighted by Crippen LogP contribution is 2.46. The number of fused-ring (bicyclic) bond motifs is 1. The number of Topliss-reactive ketones (excluding diaryl/α,β-unsaturated/α-hetero) is 2. The van der Waals surface area contributed by atoms with Crippen LogP contribution in [0.4, 0.5) is 0 Å². The highest BCUT2D eigenvalue weighted by atomic mass is 16.3. The smallest absolute Gasteiger partial charge is 0.234 e. The van der Waals surface area contributed by atoms with E-state index in [1.165, 1.54) is 0 Å². The van der Waals surface area contributed by atoms with Gasteiger partial charge in [0.25, 0.3) is 0 Å². The predicted molar refractivity (Wildman–Crippen MR) is 76.5 cm³/mol. The van der Waals surface area contributed by atoms with Gasteiger partial charge in [-0.3, -0.25) is 9.59 Å². The summed E-state index contributed by atoms with van der Waals surface area (Å²) in [6.07, 6.45) is 4.94. The molecule has 1 N–H and O–H groups in total.